The minimum atomic E-state index is 0.0139. The van der Waals surface area contributed by atoms with Crippen LogP contribution in [0.3, 0.4) is 0 Å². The number of nitrogens with zero attached hydrogens (tertiary/aromatic N) is 1. The second kappa shape index (κ2) is 7.63. The molecule has 0 bridgehead atoms. The molecule has 0 amide bonds. The van der Waals surface area contributed by atoms with E-state index >= 15 is 0 Å². The molecular weight excluding hydrogens is 294 g/mol. The summed E-state index contributed by atoms with van der Waals surface area (Å²) in [6.07, 6.45) is 6.77. The molecule has 2 aliphatic carbocycles. The summed E-state index contributed by atoms with van der Waals surface area (Å²) in [4.78, 5) is 15.8. The average Bonchev–Trinajstić information content (AvgIpc) is 3.02. The zero-order valence-electron chi connectivity index (χ0n) is 16.1. The molecule has 0 aromatic heterocycles. The van der Waals surface area contributed by atoms with Crippen LogP contribution in [-0.2, 0) is 4.79 Å². The van der Waals surface area contributed by atoms with E-state index in [2.05, 4.69) is 51.1 Å². The van der Waals surface area contributed by atoms with Crippen LogP contribution in [0, 0.1) is 10.8 Å². The zero-order chi connectivity index (χ0) is 17.8. The molecule has 132 valence electrons. The van der Waals surface area contributed by atoms with E-state index in [0.29, 0.717) is 17.2 Å². The smallest absolute Gasteiger partial charge is 0.138 e. The quantitative estimate of drug-likeness (QED) is 0.639. The highest BCUT2D eigenvalue weighted by atomic mass is 16.1. The lowest BCUT2D eigenvalue weighted by molar-refractivity contribution is -0.124. The summed E-state index contributed by atoms with van der Waals surface area (Å²) in [5, 5.41) is 0. The van der Waals surface area contributed by atoms with Crippen molar-refractivity contribution in [1.29, 1.82) is 0 Å². The fourth-order valence-electron chi connectivity index (χ4n) is 3.63. The van der Waals surface area contributed by atoms with Gasteiger partial charge in [0.25, 0.3) is 0 Å². The molecule has 0 aliphatic heterocycles. The highest BCUT2D eigenvalue weighted by Crippen LogP contribution is 2.36. The van der Waals surface area contributed by atoms with Crippen LogP contribution < -0.4 is 0 Å². The number of rotatable bonds is 2. The Labute approximate surface area is 147 Å². The van der Waals surface area contributed by atoms with Crippen LogP contribution in [0.1, 0.15) is 84.7 Å². The minimum Gasteiger partial charge on any atom is -0.299 e. The van der Waals surface area contributed by atoms with Gasteiger partial charge in [-0.25, -0.2) is 0 Å². The summed E-state index contributed by atoms with van der Waals surface area (Å²) in [6.45, 7) is 10.9. The summed E-state index contributed by atoms with van der Waals surface area (Å²) in [5.41, 5.74) is 3.06. The normalized spacial score (nSPS) is 24.5. The Hall–Kier alpha value is -1.44. The summed E-state index contributed by atoms with van der Waals surface area (Å²) in [5.74, 6) is 0.442. The third kappa shape index (κ3) is 4.78. The molecule has 1 aromatic rings. The van der Waals surface area contributed by atoms with Crippen molar-refractivity contribution in [3.8, 4) is 0 Å². The van der Waals surface area contributed by atoms with E-state index in [4.69, 9.17) is 4.99 Å². The molecule has 2 fully saturated rings. The van der Waals surface area contributed by atoms with Crippen molar-refractivity contribution < 1.29 is 4.79 Å². The van der Waals surface area contributed by atoms with Gasteiger partial charge in [-0.1, -0.05) is 58.0 Å². The minimum absolute atomic E-state index is 0.0139. The number of hydrogen-bond donors (Lipinski definition) is 0. The zero-order valence-corrected chi connectivity index (χ0v) is 16.1. The van der Waals surface area contributed by atoms with Crippen molar-refractivity contribution in [3.05, 3.63) is 35.9 Å². The molecule has 24 heavy (non-hydrogen) atoms. The van der Waals surface area contributed by atoms with E-state index in [1.54, 1.807) is 0 Å². The molecule has 0 radical (unpaired) electrons. The lowest BCUT2D eigenvalue weighted by Gasteiger charge is -2.20. The number of benzene rings is 1. The Morgan fingerprint density at radius 1 is 0.917 bits per heavy atom. The first-order chi connectivity index (χ1) is 11.2. The maximum absolute atomic E-state index is 10.9. The van der Waals surface area contributed by atoms with Crippen LogP contribution in [0.15, 0.2) is 35.3 Å². The van der Waals surface area contributed by atoms with Crippen molar-refractivity contribution in [1.82, 2.24) is 0 Å². The van der Waals surface area contributed by atoms with E-state index in [1.165, 1.54) is 30.5 Å². The summed E-state index contributed by atoms with van der Waals surface area (Å²) < 4.78 is 0. The van der Waals surface area contributed by atoms with Crippen molar-refractivity contribution in [2.24, 2.45) is 15.8 Å². The van der Waals surface area contributed by atoms with Gasteiger partial charge in [0, 0.05) is 23.0 Å². The van der Waals surface area contributed by atoms with E-state index in [1.807, 2.05) is 13.8 Å². The van der Waals surface area contributed by atoms with Gasteiger partial charge in [0.1, 0.15) is 5.78 Å². The number of Topliss-reactive ketones (excluding diaryl/α,β-unsaturated/α-hetero) is 1. The van der Waals surface area contributed by atoms with E-state index in [9.17, 15) is 4.79 Å². The van der Waals surface area contributed by atoms with Crippen molar-refractivity contribution in [2.45, 2.75) is 79.2 Å². The predicted octanol–water partition coefficient (Wildman–Crippen LogP) is 6.16. The molecule has 0 N–H and O–H groups in total. The Kier molecular flexibility index (Phi) is 6.01. The van der Waals surface area contributed by atoms with Gasteiger partial charge in [0.15, 0.2) is 0 Å². The number of hydrogen-bond acceptors (Lipinski definition) is 2. The van der Waals surface area contributed by atoms with Gasteiger partial charge in [-0.2, -0.15) is 0 Å². The van der Waals surface area contributed by atoms with Gasteiger partial charge in [-0.15, -0.1) is 0 Å². The van der Waals surface area contributed by atoms with Gasteiger partial charge < -0.3 is 0 Å². The molecule has 0 heterocycles. The Balaban J connectivity index is 0.000000219. The third-order valence-corrected chi connectivity index (χ3v) is 5.59. The molecule has 2 saturated carbocycles. The van der Waals surface area contributed by atoms with Crippen LogP contribution in [-0.4, -0.2) is 11.5 Å². The van der Waals surface area contributed by atoms with Crippen molar-refractivity contribution in [3.63, 3.8) is 0 Å². The SMILES string of the molecule is CC1(C)CCCC1=O.C[C@@H](N=C1CCCC1(C)C)c1ccccc1. The summed E-state index contributed by atoms with van der Waals surface area (Å²) in [6, 6.07) is 10.9. The largest absolute Gasteiger partial charge is 0.299 e. The second-order valence-corrected chi connectivity index (χ2v) is 8.56. The maximum Gasteiger partial charge on any atom is 0.138 e. The van der Waals surface area contributed by atoms with Gasteiger partial charge >= 0.3 is 0 Å². The molecule has 2 heteroatoms. The Bertz CT molecular complexity index is 583. The predicted molar refractivity (Wildman–Crippen MR) is 103 cm³/mol. The number of aliphatic imine (C=N–C) groups is 1. The average molecular weight is 328 g/mol. The molecule has 1 atom stereocenters. The summed E-state index contributed by atoms with van der Waals surface area (Å²) in [7, 11) is 0. The molecule has 3 rings (SSSR count). The fourth-order valence-corrected chi connectivity index (χ4v) is 3.63. The first-order valence-electron chi connectivity index (χ1n) is 9.38. The van der Waals surface area contributed by atoms with Crippen molar-refractivity contribution in [2.75, 3.05) is 0 Å². The van der Waals surface area contributed by atoms with Gasteiger partial charge in [-0.3, -0.25) is 9.79 Å². The lowest BCUT2D eigenvalue weighted by Crippen LogP contribution is -2.17. The molecule has 0 unspecified atom stereocenters. The highest BCUT2D eigenvalue weighted by Gasteiger charge is 2.32. The molecule has 2 aliphatic rings. The van der Waals surface area contributed by atoms with Crippen molar-refractivity contribution >= 4 is 11.5 Å². The number of ketones is 1. The van der Waals surface area contributed by atoms with Gasteiger partial charge in [0.2, 0.25) is 0 Å². The third-order valence-electron chi connectivity index (χ3n) is 5.59. The van der Waals surface area contributed by atoms with Crippen LogP contribution in [0.4, 0.5) is 0 Å². The van der Waals surface area contributed by atoms with E-state index < -0.39 is 0 Å². The second-order valence-electron chi connectivity index (χ2n) is 8.56. The van der Waals surface area contributed by atoms with Crippen LogP contribution >= 0.6 is 0 Å². The summed E-state index contributed by atoms with van der Waals surface area (Å²) >= 11 is 0. The number of carbonyl (C=O) groups excluding carboxylic acids is 1. The van der Waals surface area contributed by atoms with Gasteiger partial charge in [-0.05, 0) is 44.6 Å². The van der Waals surface area contributed by atoms with E-state index in [-0.39, 0.29) is 5.41 Å². The standard InChI is InChI=1S/C15H21N.C7H12O/c1-12(13-8-5-4-6-9-13)16-14-10-7-11-15(14,2)3;1-7(2)5-3-4-6(7)8/h4-6,8-9,12H,7,10-11H2,1-3H3;3-5H2,1-2H3/t12-;/m1./s1. The fraction of sp³-hybridized carbons (Fsp3) is 0.636. The van der Waals surface area contributed by atoms with Crippen LogP contribution in [0.25, 0.3) is 0 Å². The first-order valence-corrected chi connectivity index (χ1v) is 9.38. The van der Waals surface area contributed by atoms with Gasteiger partial charge in [0.05, 0.1) is 6.04 Å². The highest BCUT2D eigenvalue weighted by molar-refractivity contribution is 5.91. The molecule has 0 spiro atoms. The lowest BCUT2D eigenvalue weighted by atomic mass is 9.90. The molecular formula is C22H33NO. The maximum atomic E-state index is 10.9. The first kappa shape index (κ1) is 18.9. The topological polar surface area (TPSA) is 29.4 Å². The molecule has 0 saturated heterocycles. The Morgan fingerprint density at radius 2 is 1.50 bits per heavy atom. The monoisotopic (exact) mass is 327 g/mol. The van der Waals surface area contributed by atoms with Crippen LogP contribution in [0.2, 0.25) is 0 Å². The van der Waals surface area contributed by atoms with Crippen LogP contribution in [0.5, 0.6) is 0 Å². The molecule has 1 aromatic carbocycles. The van der Waals surface area contributed by atoms with E-state index in [0.717, 1.165) is 19.3 Å². The molecule has 2 nitrogen and oxygen atoms in total. The number of carbonyl (C=O) groups is 1. The Morgan fingerprint density at radius 3 is 1.92 bits per heavy atom.